The molecule has 1 rings (SSSR count). The molecule has 14 heavy (non-hydrogen) atoms. The summed E-state index contributed by atoms with van der Waals surface area (Å²) in [7, 11) is 0. The molecule has 0 fully saturated rings. The van der Waals surface area contributed by atoms with Crippen molar-refractivity contribution in [2.75, 3.05) is 0 Å². The first kappa shape index (κ1) is 10.4. The Hall–Kier alpha value is -1.69. The SMILES string of the molecule is Cc1cc(C(C)(C)C#N)c(O)cc1O. The van der Waals surface area contributed by atoms with Gasteiger partial charge in [-0.05, 0) is 32.4 Å². The maximum Gasteiger partial charge on any atom is 0.124 e. The van der Waals surface area contributed by atoms with Gasteiger partial charge in [0.1, 0.15) is 11.5 Å². The van der Waals surface area contributed by atoms with Gasteiger partial charge in [0.05, 0.1) is 11.5 Å². The lowest BCUT2D eigenvalue weighted by atomic mass is 9.85. The summed E-state index contributed by atoms with van der Waals surface area (Å²) >= 11 is 0. The van der Waals surface area contributed by atoms with Gasteiger partial charge in [-0.1, -0.05) is 0 Å². The number of hydrogen-bond acceptors (Lipinski definition) is 3. The van der Waals surface area contributed by atoms with Gasteiger partial charge in [0.25, 0.3) is 0 Å². The molecule has 0 saturated heterocycles. The van der Waals surface area contributed by atoms with E-state index in [1.165, 1.54) is 6.07 Å². The number of nitrogens with zero attached hydrogens (tertiary/aromatic N) is 1. The molecule has 3 nitrogen and oxygen atoms in total. The molecule has 0 saturated carbocycles. The monoisotopic (exact) mass is 191 g/mol. The Labute approximate surface area is 83.2 Å². The molecular formula is C11H13NO2. The third kappa shape index (κ3) is 1.64. The van der Waals surface area contributed by atoms with E-state index in [0.29, 0.717) is 11.1 Å². The van der Waals surface area contributed by atoms with E-state index in [4.69, 9.17) is 5.26 Å². The van der Waals surface area contributed by atoms with Crippen molar-refractivity contribution in [1.29, 1.82) is 5.26 Å². The number of hydrogen-bond donors (Lipinski definition) is 2. The molecule has 0 unspecified atom stereocenters. The number of phenols is 2. The van der Waals surface area contributed by atoms with Crippen molar-refractivity contribution in [2.24, 2.45) is 0 Å². The van der Waals surface area contributed by atoms with Gasteiger partial charge in [0.15, 0.2) is 0 Å². The van der Waals surface area contributed by atoms with Crippen molar-refractivity contribution >= 4 is 0 Å². The second-order valence-electron chi connectivity index (χ2n) is 3.89. The molecule has 0 aliphatic carbocycles. The molecule has 0 spiro atoms. The molecule has 0 radical (unpaired) electrons. The van der Waals surface area contributed by atoms with E-state index < -0.39 is 5.41 Å². The molecule has 0 atom stereocenters. The number of aryl methyl sites for hydroxylation is 1. The highest BCUT2D eigenvalue weighted by Crippen LogP contribution is 2.34. The third-order valence-electron chi connectivity index (χ3n) is 2.27. The first-order chi connectivity index (χ1) is 6.38. The highest BCUT2D eigenvalue weighted by atomic mass is 16.3. The molecule has 0 aromatic heterocycles. The molecule has 1 aromatic rings. The van der Waals surface area contributed by atoms with Gasteiger partial charge in [-0.25, -0.2) is 0 Å². The summed E-state index contributed by atoms with van der Waals surface area (Å²) < 4.78 is 0. The molecule has 3 heteroatoms. The Balaban J connectivity index is 3.38. The van der Waals surface area contributed by atoms with Crippen LogP contribution < -0.4 is 0 Å². The highest BCUT2D eigenvalue weighted by Gasteiger charge is 2.24. The second kappa shape index (κ2) is 3.22. The quantitative estimate of drug-likeness (QED) is 0.715. The van der Waals surface area contributed by atoms with Crippen LogP contribution >= 0.6 is 0 Å². The van der Waals surface area contributed by atoms with E-state index in [2.05, 4.69) is 6.07 Å². The minimum absolute atomic E-state index is 0.0417. The summed E-state index contributed by atoms with van der Waals surface area (Å²) in [6, 6.07) is 5.00. The van der Waals surface area contributed by atoms with Gasteiger partial charge in [-0.15, -0.1) is 0 Å². The maximum atomic E-state index is 9.57. The first-order valence-corrected chi connectivity index (χ1v) is 4.33. The van der Waals surface area contributed by atoms with Gasteiger partial charge < -0.3 is 10.2 Å². The molecule has 0 aliphatic rings. The maximum absolute atomic E-state index is 9.57. The Morgan fingerprint density at radius 1 is 1.21 bits per heavy atom. The van der Waals surface area contributed by atoms with Gasteiger partial charge in [0.2, 0.25) is 0 Å². The zero-order chi connectivity index (χ0) is 10.9. The summed E-state index contributed by atoms with van der Waals surface area (Å²) in [4.78, 5) is 0. The molecule has 0 bridgehead atoms. The largest absolute Gasteiger partial charge is 0.508 e. The van der Waals surface area contributed by atoms with Crippen LogP contribution in [0.5, 0.6) is 11.5 Å². The fourth-order valence-corrected chi connectivity index (χ4v) is 1.25. The molecular weight excluding hydrogens is 178 g/mol. The summed E-state index contributed by atoms with van der Waals surface area (Å²) in [5.74, 6) is -0.000334. The van der Waals surface area contributed by atoms with Gasteiger partial charge in [0, 0.05) is 11.6 Å². The van der Waals surface area contributed by atoms with E-state index in [0.717, 1.165) is 0 Å². The van der Waals surface area contributed by atoms with E-state index in [9.17, 15) is 10.2 Å². The second-order valence-corrected chi connectivity index (χ2v) is 3.89. The average molecular weight is 191 g/mol. The molecule has 0 amide bonds. The van der Waals surface area contributed by atoms with Crippen LogP contribution in [0.25, 0.3) is 0 Å². The van der Waals surface area contributed by atoms with Crippen molar-refractivity contribution in [3.8, 4) is 17.6 Å². The lowest BCUT2D eigenvalue weighted by Crippen LogP contribution is -2.14. The predicted molar refractivity (Wildman–Crippen MR) is 53.1 cm³/mol. The van der Waals surface area contributed by atoms with E-state index >= 15 is 0 Å². The van der Waals surface area contributed by atoms with Crippen LogP contribution in [0.2, 0.25) is 0 Å². The average Bonchev–Trinajstić information content (AvgIpc) is 2.11. The lowest BCUT2D eigenvalue weighted by molar-refractivity contribution is 0.436. The normalized spacial score (nSPS) is 11.0. The van der Waals surface area contributed by atoms with Crippen LogP contribution in [-0.2, 0) is 5.41 Å². The summed E-state index contributed by atoms with van der Waals surface area (Å²) in [6.07, 6.45) is 0. The summed E-state index contributed by atoms with van der Waals surface area (Å²) in [6.45, 7) is 5.17. The predicted octanol–water partition coefficient (Wildman–Crippen LogP) is 2.21. The smallest absolute Gasteiger partial charge is 0.124 e. The van der Waals surface area contributed by atoms with Gasteiger partial charge in [-0.2, -0.15) is 5.26 Å². The minimum atomic E-state index is -0.747. The fourth-order valence-electron chi connectivity index (χ4n) is 1.25. The van der Waals surface area contributed by atoms with E-state index in [-0.39, 0.29) is 11.5 Å². The van der Waals surface area contributed by atoms with E-state index in [1.54, 1.807) is 26.8 Å². The van der Waals surface area contributed by atoms with Crippen molar-refractivity contribution in [2.45, 2.75) is 26.2 Å². The molecule has 2 N–H and O–H groups in total. The van der Waals surface area contributed by atoms with Gasteiger partial charge in [-0.3, -0.25) is 0 Å². The topological polar surface area (TPSA) is 64.2 Å². The van der Waals surface area contributed by atoms with Crippen LogP contribution in [-0.4, -0.2) is 10.2 Å². The lowest BCUT2D eigenvalue weighted by Gasteiger charge is -2.18. The Bertz CT molecular complexity index is 402. The van der Waals surface area contributed by atoms with Crippen LogP contribution in [0.3, 0.4) is 0 Å². The number of rotatable bonds is 1. The summed E-state index contributed by atoms with van der Waals surface area (Å²) in [5.41, 5.74) is 0.444. The molecule has 74 valence electrons. The Morgan fingerprint density at radius 3 is 2.29 bits per heavy atom. The minimum Gasteiger partial charge on any atom is -0.508 e. The zero-order valence-corrected chi connectivity index (χ0v) is 8.50. The number of nitriles is 1. The van der Waals surface area contributed by atoms with Crippen LogP contribution in [0, 0.1) is 18.3 Å². The molecule has 0 aliphatic heterocycles. The van der Waals surface area contributed by atoms with Crippen LogP contribution in [0.1, 0.15) is 25.0 Å². The van der Waals surface area contributed by atoms with Crippen molar-refractivity contribution in [3.63, 3.8) is 0 Å². The number of benzene rings is 1. The standard InChI is InChI=1S/C11H13NO2/c1-7-4-8(11(2,3)6-12)10(14)5-9(7)13/h4-5,13-14H,1-3H3. The van der Waals surface area contributed by atoms with Crippen molar-refractivity contribution in [1.82, 2.24) is 0 Å². The van der Waals surface area contributed by atoms with Crippen molar-refractivity contribution in [3.05, 3.63) is 23.3 Å². The number of aromatic hydroxyl groups is 2. The molecule has 0 heterocycles. The Morgan fingerprint density at radius 2 is 1.79 bits per heavy atom. The first-order valence-electron chi connectivity index (χ1n) is 4.33. The highest BCUT2D eigenvalue weighted by molar-refractivity contribution is 5.49. The number of phenolic OH excluding ortho intramolecular Hbond substituents is 2. The van der Waals surface area contributed by atoms with Gasteiger partial charge >= 0.3 is 0 Å². The van der Waals surface area contributed by atoms with Crippen LogP contribution in [0.4, 0.5) is 0 Å². The fraction of sp³-hybridized carbons (Fsp3) is 0.364. The summed E-state index contributed by atoms with van der Waals surface area (Å²) in [5, 5.41) is 27.8. The third-order valence-corrected chi connectivity index (χ3v) is 2.27. The Kier molecular flexibility index (Phi) is 2.39. The molecule has 1 aromatic carbocycles. The van der Waals surface area contributed by atoms with Crippen molar-refractivity contribution < 1.29 is 10.2 Å². The van der Waals surface area contributed by atoms with Crippen LogP contribution in [0.15, 0.2) is 12.1 Å². The van der Waals surface area contributed by atoms with E-state index in [1.807, 2.05) is 0 Å². The zero-order valence-electron chi connectivity index (χ0n) is 8.50.